The fourth-order valence-corrected chi connectivity index (χ4v) is 1.34. The highest BCUT2D eigenvalue weighted by molar-refractivity contribution is 5.67. The zero-order valence-corrected chi connectivity index (χ0v) is 9.25. The topological polar surface area (TPSA) is 56.5 Å². The third-order valence-corrected chi connectivity index (χ3v) is 2.78. The van der Waals surface area contributed by atoms with E-state index in [2.05, 4.69) is 41.1 Å². The van der Waals surface area contributed by atoms with Crippen LogP contribution >= 0.6 is 0 Å². The Kier molecular flexibility index (Phi) is 2.62. The summed E-state index contributed by atoms with van der Waals surface area (Å²) in [7, 11) is 0. The fraction of sp³-hybridized carbons (Fsp3) is 0.600. The number of fused-ring (bicyclic) bond motifs is 1. The van der Waals surface area contributed by atoms with Gasteiger partial charge in [-0.1, -0.05) is 26.0 Å². The van der Waals surface area contributed by atoms with E-state index in [1.807, 2.05) is 4.68 Å². The number of nitrogens with zero attached hydrogens (tertiary/aromatic N) is 5. The van der Waals surface area contributed by atoms with E-state index in [0.717, 1.165) is 17.7 Å². The summed E-state index contributed by atoms with van der Waals surface area (Å²) in [5.41, 5.74) is 1.57. The van der Waals surface area contributed by atoms with Gasteiger partial charge in [0.15, 0.2) is 11.2 Å². The Morgan fingerprint density at radius 2 is 2.13 bits per heavy atom. The van der Waals surface area contributed by atoms with Crippen molar-refractivity contribution in [1.29, 1.82) is 0 Å². The molecule has 0 aromatic carbocycles. The van der Waals surface area contributed by atoms with Gasteiger partial charge < -0.3 is 0 Å². The first-order valence-corrected chi connectivity index (χ1v) is 5.17. The molecule has 0 saturated carbocycles. The molecular formula is C10H15N5. The Hall–Kier alpha value is -1.52. The quantitative estimate of drug-likeness (QED) is 0.762. The summed E-state index contributed by atoms with van der Waals surface area (Å²) in [6, 6.07) is 0. The second kappa shape index (κ2) is 3.92. The monoisotopic (exact) mass is 205 g/mol. The molecule has 2 rings (SSSR count). The second-order valence-electron chi connectivity index (χ2n) is 4.22. The maximum atomic E-state index is 4.18. The summed E-state index contributed by atoms with van der Waals surface area (Å²) in [6.07, 6.45) is 3.22. The Morgan fingerprint density at radius 3 is 2.87 bits per heavy atom. The van der Waals surface area contributed by atoms with Crippen LogP contribution in [0.15, 0.2) is 12.5 Å². The van der Waals surface area contributed by atoms with Crippen LogP contribution in [0.1, 0.15) is 20.8 Å². The molecule has 0 bridgehead atoms. The molecule has 0 amide bonds. The molecule has 2 heterocycles. The maximum Gasteiger partial charge on any atom is 0.181 e. The van der Waals surface area contributed by atoms with Gasteiger partial charge in [0.25, 0.3) is 0 Å². The van der Waals surface area contributed by atoms with E-state index in [0.29, 0.717) is 11.8 Å². The first-order chi connectivity index (χ1) is 7.18. The molecule has 5 nitrogen and oxygen atoms in total. The predicted octanol–water partition coefficient (Wildman–Crippen LogP) is 1.51. The van der Waals surface area contributed by atoms with Crippen LogP contribution in [-0.4, -0.2) is 25.0 Å². The normalized spacial score (nSPS) is 13.6. The Morgan fingerprint density at radius 1 is 1.33 bits per heavy atom. The minimum absolute atomic E-state index is 0.560. The Balaban J connectivity index is 2.29. The first kappa shape index (κ1) is 10.0. The standard InChI is InChI=1S/C10H15N5/c1-7(2)8(3)5-15-10-9(13-14-15)4-11-6-12-10/h4,6-8H,5H2,1-3H3. The van der Waals surface area contributed by atoms with Crippen LogP contribution in [-0.2, 0) is 6.54 Å². The van der Waals surface area contributed by atoms with Gasteiger partial charge in [0.2, 0.25) is 0 Å². The summed E-state index contributed by atoms with van der Waals surface area (Å²) >= 11 is 0. The molecular weight excluding hydrogens is 190 g/mol. The molecule has 1 unspecified atom stereocenters. The first-order valence-electron chi connectivity index (χ1n) is 5.17. The zero-order chi connectivity index (χ0) is 10.8. The predicted molar refractivity (Wildman–Crippen MR) is 57.1 cm³/mol. The lowest BCUT2D eigenvalue weighted by Crippen LogP contribution is -2.14. The molecule has 80 valence electrons. The molecule has 0 radical (unpaired) electrons. The molecule has 0 N–H and O–H groups in total. The molecule has 0 fully saturated rings. The van der Waals surface area contributed by atoms with Crippen LogP contribution in [0.5, 0.6) is 0 Å². The molecule has 2 aromatic rings. The number of rotatable bonds is 3. The molecule has 0 aliphatic heterocycles. The van der Waals surface area contributed by atoms with Gasteiger partial charge in [-0.2, -0.15) is 0 Å². The van der Waals surface area contributed by atoms with Crippen molar-refractivity contribution >= 4 is 11.2 Å². The van der Waals surface area contributed by atoms with E-state index in [1.54, 1.807) is 6.20 Å². The highest BCUT2D eigenvalue weighted by atomic mass is 15.4. The van der Waals surface area contributed by atoms with E-state index in [1.165, 1.54) is 6.33 Å². The van der Waals surface area contributed by atoms with Crippen molar-refractivity contribution in [2.75, 3.05) is 0 Å². The van der Waals surface area contributed by atoms with Gasteiger partial charge >= 0.3 is 0 Å². The second-order valence-corrected chi connectivity index (χ2v) is 4.22. The van der Waals surface area contributed by atoms with Crippen molar-refractivity contribution in [3.05, 3.63) is 12.5 Å². The van der Waals surface area contributed by atoms with Gasteiger partial charge in [-0.15, -0.1) is 5.10 Å². The van der Waals surface area contributed by atoms with Crippen LogP contribution in [0.25, 0.3) is 11.2 Å². The smallest absolute Gasteiger partial charge is 0.181 e. The average Bonchev–Trinajstić information content (AvgIpc) is 2.62. The van der Waals surface area contributed by atoms with Gasteiger partial charge in [-0.25, -0.2) is 14.6 Å². The van der Waals surface area contributed by atoms with E-state index < -0.39 is 0 Å². The summed E-state index contributed by atoms with van der Waals surface area (Å²) in [5.74, 6) is 1.19. The molecule has 15 heavy (non-hydrogen) atoms. The molecule has 0 saturated heterocycles. The van der Waals surface area contributed by atoms with E-state index >= 15 is 0 Å². The van der Waals surface area contributed by atoms with Crippen molar-refractivity contribution < 1.29 is 0 Å². The van der Waals surface area contributed by atoms with Crippen molar-refractivity contribution in [3.63, 3.8) is 0 Å². The highest BCUT2D eigenvalue weighted by Crippen LogP contribution is 2.14. The Labute approximate surface area is 88.5 Å². The fourth-order valence-electron chi connectivity index (χ4n) is 1.34. The third-order valence-electron chi connectivity index (χ3n) is 2.78. The SMILES string of the molecule is CC(C)C(C)Cn1nnc2cncnc21. The minimum Gasteiger partial charge on any atom is -0.242 e. The average molecular weight is 205 g/mol. The van der Waals surface area contributed by atoms with Crippen molar-refractivity contribution in [1.82, 2.24) is 25.0 Å². The van der Waals surface area contributed by atoms with Crippen molar-refractivity contribution in [3.8, 4) is 0 Å². The lowest BCUT2D eigenvalue weighted by atomic mass is 9.98. The van der Waals surface area contributed by atoms with Gasteiger partial charge in [0, 0.05) is 6.54 Å². The summed E-state index contributed by atoms with van der Waals surface area (Å²) in [6.45, 7) is 7.47. The minimum atomic E-state index is 0.560. The van der Waals surface area contributed by atoms with E-state index in [9.17, 15) is 0 Å². The lowest BCUT2D eigenvalue weighted by Gasteiger charge is -2.14. The zero-order valence-electron chi connectivity index (χ0n) is 9.25. The lowest BCUT2D eigenvalue weighted by molar-refractivity contribution is 0.349. The summed E-state index contributed by atoms with van der Waals surface area (Å²) < 4.78 is 1.85. The number of hydrogen-bond acceptors (Lipinski definition) is 4. The van der Waals surface area contributed by atoms with Crippen molar-refractivity contribution in [2.24, 2.45) is 11.8 Å². The molecule has 0 aliphatic carbocycles. The van der Waals surface area contributed by atoms with E-state index in [4.69, 9.17) is 0 Å². The maximum absolute atomic E-state index is 4.18. The number of hydrogen-bond donors (Lipinski definition) is 0. The Bertz CT molecular complexity index is 448. The van der Waals surface area contributed by atoms with Gasteiger partial charge in [-0.05, 0) is 11.8 Å². The molecule has 2 aromatic heterocycles. The summed E-state index contributed by atoms with van der Waals surface area (Å²) in [5, 5.41) is 8.10. The molecule has 1 atom stereocenters. The van der Waals surface area contributed by atoms with Crippen LogP contribution in [0.2, 0.25) is 0 Å². The van der Waals surface area contributed by atoms with Crippen molar-refractivity contribution in [2.45, 2.75) is 27.3 Å². The van der Waals surface area contributed by atoms with Crippen LogP contribution in [0.3, 0.4) is 0 Å². The summed E-state index contributed by atoms with van der Waals surface area (Å²) in [4.78, 5) is 8.09. The molecule has 5 heteroatoms. The van der Waals surface area contributed by atoms with Crippen LogP contribution in [0, 0.1) is 11.8 Å². The molecule has 0 spiro atoms. The molecule has 0 aliphatic rings. The third kappa shape index (κ3) is 1.95. The van der Waals surface area contributed by atoms with Gasteiger partial charge in [0.05, 0.1) is 6.20 Å². The number of aromatic nitrogens is 5. The largest absolute Gasteiger partial charge is 0.242 e. The van der Waals surface area contributed by atoms with Crippen LogP contribution in [0.4, 0.5) is 0 Å². The van der Waals surface area contributed by atoms with Crippen LogP contribution < -0.4 is 0 Å². The highest BCUT2D eigenvalue weighted by Gasteiger charge is 2.11. The van der Waals surface area contributed by atoms with E-state index in [-0.39, 0.29) is 0 Å². The van der Waals surface area contributed by atoms with Gasteiger partial charge in [0.1, 0.15) is 6.33 Å². The van der Waals surface area contributed by atoms with Gasteiger partial charge in [-0.3, -0.25) is 0 Å².